The van der Waals surface area contributed by atoms with E-state index < -0.39 is 11.8 Å². The van der Waals surface area contributed by atoms with Gasteiger partial charge in [0.2, 0.25) is 0 Å². The number of carbonyl (C=O) groups is 1. The summed E-state index contributed by atoms with van der Waals surface area (Å²) >= 11 is 5.78. The lowest BCUT2D eigenvalue weighted by atomic mass is 9.96. The normalized spacial score (nSPS) is 16.2. The molecule has 0 amide bonds. The third kappa shape index (κ3) is 2.64. The Bertz CT molecular complexity index is 548. The number of anilines is 1. The van der Waals surface area contributed by atoms with Crippen LogP contribution in [0, 0.1) is 23.1 Å². The molecule has 0 bridgehead atoms. The summed E-state index contributed by atoms with van der Waals surface area (Å²) in [6.07, 6.45) is 0.957. The van der Waals surface area contributed by atoms with Gasteiger partial charge in [0.05, 0.1) is 22.2 Å². The first-order valence-electron chi connectivity index (χ1n) is 5.90. The number of hydrogen-bond donors (Lipinski definition) is 1. The second-order valence-electron chi connectivity index (χ2n) is 4.47. The van der Waals surface area contributed by atoms with Crippen molar-refractivity contribution in [1.29, 1.82) is 5.26 Å². The fourth-order valence-corrected chi connectivity index (χ4v) is 2.44. The van der Waals surface area contributed by atoms with Crippen LogP contribution in [0.5, 0.6) is 0 Å². The lowest BCUT2D eigenvalue weighted by molar-refractivity contribution is -0.142. The fraction of sp³-hybridized carbons (Fsp3) is 0.385. The zero-order chi connectivity index (χ0) is 14.0. The van der Waals surface area contributed by atoms with Crippen molar-refractivity contribution < 1.29 is 14.3 Å². The number of carboxylic acid groups (broad SMARTS) is 1. The monoisotopic (exact) mass is 282 g/mol. The molecule has 1 saturated heterocycles. The van der Waals surface area contributed by atoms with Crippen LogP contribution in [0.25, 0.3) is 0 Å². The number of aliphatic carboxylic acids is 1. The molecule has 100 valence electrons. The Morgan fingerprint density at radius 1 is 1.47 bits per heavy atom. The molecule has 0 unspecified atom stereocenters. The maximum atomic E-state index is 14.0. The van der Waals surface area contributed by atoms with Gasteiger partial charge >= 0.3 is 5.97 Å². The van der Waals surface area contributed by atoms with E-state index in [1.807, 2.05) is 6.07 Å². The molecular weight excluding hydrogens is 271 g/mol. The van der Waals surface area contributed by atoms with Crippen LogP contribution in [0.1, 0.15) is 18.4 Å². The molecule has 1 aromatic carbocycles. The molecule has 0 atom stereocenters. The highest BCUT2D eigenvalue weighted by atomic mass is 35.5. The zero-order valence-electron chi connectivity index (χ0n) is 10.1. The molecule has 6 heteroatoms. The lowest BCUT2D eigenvalue weighted by Gasteiger charge is -2.32. The summed E-state index contributed by atoms with van der Waals surface area (Å²) < 4.78 is 14.0. The molecule has 19 heavy (non-hydrogen) atoms. The molecule has 1 aliphatic rings. The fourth-order valence-electron chi connectivity index (χ4n) is 2.24. The number of rotatable bonds is 2. The van der Waals surface area contributed by atoms with Crippen LogP contribution < -0.4 is 4.90 Å². The molecule has 1 N–H and O–H groups in total. The number of piperidine rings is 1. The van der Waals surface area contributed by atoms with Crippen molar-refractivity contribution in [3.05, 3.63) is 28.5 Å². The molecular formula is C13H12ClFN2O2. The largest absolute Gasteiger partial charge is 0.481 e. The summed E-state index contributed by atoms with van der Waals surface area (Å²) in [5, 5.41) is 17.5. The van der Waals surface area contributed by atoms with E-state index in [1.165, 1.54) is 12.1 Å². The Labute approximate surface area is 115 Å². The third-order valence-electron chi connectivity index (χ3n) is 3.37. The molecule has 0 aliphatic carbocycles. The van der Waals surface area contributed by atoms with Gasteiger partial charge in [-0.3, -0.25) is 4.79 Å². The van der Waals surface area contributed by atoms with Crippen LogP contribution in [-0.4, -0.2) is 24.2 Å². The first-order valence-corrected chi connectivity index (χ1v) is 6.28. The number of benzene rings is 1. The minimum atomic E-state index is -0.807. The van der Waals surface area contributed by atoms with Crippen LogP contribution in [0.2, 0.25) is 5.02 Å². The van der Waals surface area contributed by atoms with Crippen LogP contribution in [0.4, 0.5) is 10.1 Å². The Balaban J connectivity index is 2.19. The second kappa shape index (κ2) is 5.45. The van der Waals surface area contributed by atoms with E-state index in [-0.39, 0.29) is 16.5 Å². The minimum Gasteiger partial charge on any atom is -0.481 e. The van der Waals surface area contributed by atoms with Gasteiger partial charge in [-0.1, -0.05) is 11.6 Å². The molecule has 1 aliphatic heterocycles. The van der Waals surface area contributed by atoms with Crippen molar-refractivity contribution in [1.82, 2.24) is 0 Å². The molecule has 1 aromatic rings. The van der Waals surface area contributed by atoms with Gasteiger partial charge in [-0.15, -0.1) is 0 Å². The van der Waals surface area contributed by atoms with E-state index in [9.17, 15) is 9.18 Å². The Kier molecular flexibility index (Phi) is 3.91. The first-order chi connectivity index (χ1) is 9.04. The standard InChI is InChI=1S/C13H12ClFN2O2/c14-11-9(7-16)1-2-10(12(11)15)17-5-3-8(4-6-17)13(18)19/h1-2,8H,3-6H2,(H,18,19). The number of nitriles is 1. The predicted octanol–water partition coefficient (Wildman–Crippen LogP) is 2.65. The van der Waals surface area contributed by atoms with E-state index >= 15 is 0 Å². The SMILES string of the molecule is N#Cc1ccc(N2CCC(C(=O)O)CC2)c(F)c1Cl. The minimum absolute atomic E-state index is 0.100. The molecule has 2 rings (SSSR count). The van der Waals surface area contributed by atoms with E-state index in [0.29, 0.717) is 31.6 Å². The van der Waals surface area contributed by atoms with Crippen LogP contribution in [0.15, 0.2) is 12.1 Å². The van der Waals surface area contributed by atoms with Gasteiger partial charge in [-0.25, -0.2) is 4.39 Å². The zero-order valence-corrected chi connectivity index (χ0v) is 10.8. The van der Waals surface area contributed by atoms with Crippen LogP contribution >= 0.6 is 11.6 Å². The first kappa shape index (κ1) is 13.6. The molecule has 0 spiro atoms. The molecule has 1 heterocycles. The summed E-state index contributed by atoms with van der Waals surface area (Å²) in [6.45, 7) is 0.937. The van der Waals surface area contributed by atoms with Gasteiger partial charge in [0.1, 0.15) is 6.07 Å². The summed E-state index contributed by atoms with van der Waals surface area (Å²) in [5.41, 5.74) is 0.427. The second-order valence-corrected chi connectivity index (χ2v) is 4.85. The maximum Gasteiger partial charge on any atom is 0.306 e. The third-order valence-corrected chi connectivity index (χ3v) is 3.74. The average Bonchev–Trinajstić information content (AvgIpc) is 2.42. The van der Waals surface area contributed by atoms with Crippen molar-refractivity contribution in [2.75, 3.05) is 18.0 Å². The summed E-state index contributed by atoms with van der Waals surface area (Å²) in [4.78, 5) is 12.6. The van der Waals surface area contributed by atoms with Crippen LogP contribution in [-0.2, 0) is 4.79 Å². The van der Waals surface area contributed by atoms with Crippen LogP contribution in [0.3, 0.4) is 0 Å². The summed E-state index contributed by atoms with van der Waals surface area (Å²) in [7, 11) is 0. The predicted molar refractivity (Wildman–Crippen MR) is 68.7 cm³/mol. The van der Waals surface area contributed by atoms with E-state index in [4.69, 9.17) is 22.0 Å². The van der Waals surface area contributed by atoms with Crippen molar-refractivity contribution in [2.24, 2.45) is 5.92 Å². The van der Waals surface area contributed by atoms with E-state index in [1.54, 1.807) is 4.90 Å². The van der Waals surface area contributed by atoms with Gasteiger partial charge in [0.15, 0.2) is 5.82 Å². The Morgan fingerprint density at radius 2 is 2.11 bits per heavy atom. The Morgan fingerprint density at radius 3 is 2.63 bits per heavy atom. The molecule has 4 nitrogen and oxygen atoms in total. The van der Waals surface area contributed by atoms with E-state index in [0.717, 1.165) is 0 Å². The smallest absolute Gasteiger partial charge is 0.306 e. The van der Waals surface area contributed by atoms with Gasteiger partial charge in [-0.2, -0.15) is 5.26 Å². The molecule has 1 fully saturated rings. The number of nitrogens with zero attached hydrogens (tertiary/aromatic N) is 2. The highest BCUT2D eigenvalue weighted by Crippen LogP contribution is 2.31. The number of halogens is 2. The van der Waals surface area contributed by atoms with Crippen molar-refractivity contribution >= 4 is 23.3 Å². The van der Waals surface area contributed by atoms with E-state index in [2.05, 4.69) is 0 Å². The van der Waals surface area contributed by atoms with Gasteiger partial charge in [0, 0.05) is 13.1 Å². The topological polar surface area (TPSA) is 64.3 Å². The average molecular weight is 283 g/mol. The quantitative estimate of drug-likeness (QED) is 0.906. The summed E-state index contributed by atoms with van der Waals surface area (Å²) in [6, 6.07) is 4.81. The summed E-state index contributed by atoms with van der Waals surface area (Å²) in [5.74, 6) is -1.79. The van der Waals surface area contributed by atoms with Crippen molar-refractivity contribution in [2.45, 2.75) is 12.8 Å². The van der Waals surface area contributed by atoms with Crippen molar-refractivity contribution in [3.63, 3.8) is 0 Å². The van der Waals surface area contributed by atoms with Gasteiger partial charge in [-0.05, 0) is 25.0 Å². The lowest BCUT2D eigenvalue weighted by Crippen LogP contribution is -2.36. The Hall–Kier alpha value is -1.80. The van der Waals surface area contributed by atoms with Crippen molar-refractivity contribution in [3.8, 4) is 6.07 Å². The number of carboxylic acids is 1. The molecule has 0 saturated carbocycles. The molecule has 0 radical (unpaired) electrons. The van der Waals surface area contributed by atoms with Gasteiger partial charge in [0.25, 0.3) is 0 Å². The van der Waals surface area contributed by atoms with Gasteiger partial charge < -0.3 is 10.0 Å². The molecule has 0 aromatic heterocycles. The maximum absolute atomic E-state index is 14.0. The highest BCUT2D eigenvalue weighted by Gasteiger charge is 2.26. The number of hydrogen-bond acceptors (Lipinski definition) is 3. The highest BCUT2D eigenvalue weighted by molar-refractivity contribution is 6.32.